The van der Waals surface area contributed by atoms with Crippen molar-refractivity contribution in [3.05, 3.63) is 10.1 Å². The Hall–Kier alpha value is -0.840. The summed E-state index contributed by atoms with van der Waals surface area (Å²) in [6.45, 7) is 2.53. The van der Waals surface area contributed by atoms with Gasteiger partial charge in [-0.1, -0.05) is 0 Å². The summed E-state index contributed by atoms with van der Waals surface area (Å²) in [5.41, 5.74) is 0. The Morgan fingerprint density at radius 1 is 1.75 bits per heavy atom. The third-order valence-corrected chi connectivity index (χ3v) is 1.64. The molecule has 2 atom stereocenters. The van der Waals surface area contributed by atoms with Gasteiger partial charge in [0.05, 0.1) is 5.88 Å². The molecule has 2 unspecified atom stereocenters. The summed E-state index contributed by atoms with van der Waals surface area (Å²) in [6, 6.07) is -0.966. The number of esters is 1. The highest BCUT2D eigenvalue weighted by Gasteiger charge is 2.28. The van der Waals surface area contributed by atoms with Gasteiger partial charge in [-0.05, 0) is 0 Å². The standard InChI is InChI=1S/C6H10ClNO4/c1-4(8(10)11)6(3-7)12-5(2)9/h4,6H,3H2,1-2H3. The Kier molecular flexibility index (Phi) is 4.58. The molecular weight excluding hydrogens is 186 g/mol. The lowest BCUT2D eigenvalue weighted by Crippen LogP contribution is -2.35. The second kappa shape index (κ2) is 4.92. The fourth-order valence-electron chi connectivity index (χ4n) is 0.608. The highest BCUT2D eigenvalue weighted by molar-refractivity contribution is 6.18. The molecule has 0 fully saturated rings. The number of ether oxygens (including phenoxy) is 1. The fraction of sp³-hybridized carbons (Fsp3) is 0.833. The van der Waals surface area contributed by atoms with Crippen LogP contribution in [-0.2, 0) is 9.53 Å². The Bertz CT molecular complexity index is 184. The third-order valence-electron chi connectivity index (χ3n) is 1.34. The monoisotopic (exact) mass is 195 g/mol. The predicted molar refractivity (Wildman–Crippen MR) is 42.7 cm³/mol. The maximum atomic E-state index is 10.4. The predicted octanol–water partition coefficient (Wildman–Crippen LogP) is 0.822. The molecule has 0 bridgehead atoms. The van der Waals surface area contributed by atoms with Gasteiger partial charge in [0.25, 0.3) is 0 Å². The lowest BCUT2D eigenvalue weighted by Gasteiger charge is -2.14. The van der Waals surface area contributed by atoms with Crippen LogP contribution in [0.2, 0.25) is 0 Å². The normalized spacial score (nSPS) is 14.9. The van der Waals surface area contributed by atoms with E-state index >= 15 is 0 Å². The molecule has 6 heteroatoms. The molecule has 0 aromatic rings. The number of nitrogens with zero attached hydrogens (tertiary/aromatic N) is 1. The van der Waals surface area contributed by atoms with Crippen LogP contribution in [0.15, 0.2) is 0 Å². The molecule has 0 spiro atoms. The summed E-state index contributed by atoms with van der Waals surface area (Å²) >= 11 is 5.37. The van der Waals surface area contributed by atoms with E-state index in [2.05, 4.69) is 4.74 Å². The zero-order valence-electron chi connectivity index (χ0n) is 6.82. The molecule has 5 nitrogen and oxygen atoms in total. The molecule has 0 aliphatic rings. The number of halogens is 1. The number of carbonyl (C=O) groups excluding carboxylic acids is 1. The van der Waals surface area contributed by atoms with Crippen molar-refractivity contribution in [2.75, 3.05) is 5.88 Å². The summed E-state index contributed by atoms with van der Waals surface area (Å²) in [5, 5.41) is 10.2. The SMILES string of the molecule is CC(=O)OC(CCl)C(C)[N+](=O)[O-]. The van der Waals surface area contributed by atoms with Crippen LogP contribution in [0.3, 0.4) is 0 Å². The van der Waals surface area contributed by atoms with E-state index in [9.17, 15) is 14.9 Å². The van der Waals surface area contributed by atoms with E-state index in [1.807, 2.05) is 0 Å². The zero-order valence-corrected chi connectivity index (χ0v) is 7.58. The first kappa shape index (κ1) is 11.2. The van der Waals surface area contributed by atoms with Crippen molar-refractivity contribution < 1.29 is 14.5 Å². The second-order valence-electron chi connectivity index (χ2n) is 2.33. The molecule has 0 saturated carbocycles. The maximum absolute atomic E-state index is 10.4. The molecule has 0 amide bonds. The zero-order chi connectivity index (χ0) is 9.72. The molecular formula is C6H10ClNO4. The van der Waals surface area contributed by atoms with Crippen molar-refractivity contribution in [3.8, 4) is 0 Å². The van der Waals surface area contributed by atoms with Crippen molar-refractivity contribution in [1.82, 2.24) is 0 Å². The summed E-state index contributed by atoms with van der Waals surface area (Å²) in [7, 11) is 0. The van der Waals surface area contributed by atoms with Gasteiger partial charge in [0.2, 0.25) is 6.04 Å². The number of hydrogen-bond acceptors (Lipinski definition) is 4. The topological polar surface area (TPSA) is 69.4 Å². The van der Waals surface area contributed by atoms with Gasteiger partial charge in [-0.25, -0.2) is 0 Å². The van der Waals surface area contributed by atoms with Crippen molar-refractivity contribution >= 4 is 17.6 Å². The van der Waals surface area contributed by atoms with Gasteiger partial charge in [-0.2, -0.15) is 0 Å². The lowest BCUT2D eigenvalue weighted by molar-refractivity contribution is -0.528. The van der Waals surface area contributed by atoms with Gasteiger partial charge in [-0.15, -0.1) is 11.6 Å². The first-order valence-electron chi connectivity index (χ1n) is 3.35. The van der Waals surface area contributed by atoms with Crippen molar-refractivity contribution in [2.24, 2.45) is 0 Å². The van der Waals surface area contributed by atoms with Crippen LogP contribution in [0.1, 0.15) is 13.8 Å². The lowest BCUT2D eigenvalue weighted by atomic mass is 10.2. The summed E-state index contributed by atoms with van der Waals surface area (Å²) in [6.07, 6.45) is -0.848. The van der Waals surface area contributed by atoms with Gasteiger partial charge >= 0.3 is 5.97 Å². The van der Waals surface area contributed by atoms with Crippen LogP contribution in [-0.4, -0.2) is 28.9 Å². The van der Waals surface area contributed by atoms with Crippen LogP contribution in [0, 0.1) is 10.1 Å². The minimum Gasteiger partial charge on any atom is -0.454 e. The number of carbonyl (C=O) groups is 1. The quantitative estimate of drug-likeness (QED) is 0.288. The van der Waals surface area contributed by atoms with Crippen LogP contribution in [0.25, 0.3) is 0 Å². The molecule has 0 radical (unpaired) electrons. The van der Waals surface area contributed by atoms with Gasteiger partial charge in [0, 0.05) is 18.8 Å². The van der Waals surface area contributed by atoms with E-state index < -0.39 is 23.0 Å². The molecule has 0 N–H and O–H groups in total. The van der Waals surface area contributed by atoms with Gasteiger partial charge in [0.15, 0.2) is 6.10 Å². The molecule has 0 aliphatic heterocycles. The number of rotatable bonds is 4. The summed E-state index contributed by atoms with van der Waals surface area (Å²) < 4.78 is 4.61. The molecule has 0 rings (SSSR count). The van der Waals surface area contributed by atoms with Crippen molar-refractivity contribution in [3.63, 3.8) is 0 Å². The van der Waals surface area contributed by atoms with Crippen molar-refractivity contribution in [2.45, 2.75) is 26.0 Å². The van der Waals surface area contributed by atoms with Crippen LogP contribution >= 0.6 is 11.6 Å². The van der Waals surface area contributed by atoms with Crippen LogP contribution in [0.4, 0.5) is 0 Å². The van der Waals surface area contributed by atoms with E-state index in [-0.39, 0.29) is 5.88 Å². The first-order valence-corrected chi connectivity index (χ1v) is 3.89. The van der Waals surface area contributed by atoms with Crippen molar-refractivity contribution in [1.29, 1.82) is 0 Å². The van der Waals surface area contributed by atoms with Crippen LogP contribution < -0.4 is 0 Å². The minimum absolute atomic E-state index is 0.0677. The van der Waals surface area contributed by atoms with E-state index in [0.717, 1.165) is 0 Å². The summed E-state index contributed by atoms with van der Waals surface area (Å²) in [5.74, 6) is -0.629. The van der Waals surface area contributed by atoms with Gasteiger partial charge < -0.3 is 4.74 Å². The van der Waals surface area contributed by atoms with E-state index in [1.165, 1.54) is 13.8 Å². The van der Waals surface area contributed by atoms with Gasteiger partial charge in [-0.3, -0.25) is 14.9 Å². The molecule has 70 valence electrons. The highest BCUT2D eigenvalue weighted by atomic mass is 35.5. The summed E-state index contributed by atoms with van der Waals surface area (Å²) in [4.78, 5) is 20.1. The smallest absolute Gasteiger partial charge is 0.303 e. The average molecular weight is 196 g/mol. The molecule has 0 heterocycles. The fourth-order valence-corrected chi connectivity index (χ4v) is 0.929. The van der Waals surface area contributed by atoms with Gasteiger partial charge in [0.1, 0.15) is 0 Å². The largest absolute Gasteiger partial charge is 0.454 e. The second-order valence-corrected chi connectivity index (χ2v) is 2.64. The molecule has 0 saturated heterocycles. The Morgan fingerprint density at radius 3 is 2.50 bits per heavy atom. The highest BCUT2D eigenvalue weighted by Crippen LogP contribution is 2.05. The first-order chi connectivity index (χ1) is 5.49. The molecule has 0 aliphatic carbocycles. The van der Waals surface area contributed by atoms with E-state index in [0.29, 0.717) is 0 Å². The Balaban J connectivity index is 4.14. The average Bonchev–Trinajstić information content (AvgIpc) is 1.98. The Labute approximate surface area is 74.8 Å². The van der Waals surface area contributed by atoms with E-state index in [1.54, 1.807) is 0 Å². The molecule has 0 aromatic heterocycles. The van der Waals surface area contributed by atoms with E-state index in [4.69, 9.17) is 11.6 Å². The number of alkyl halides is 1. The van der Waals surface area contributed by atoms with Crippen LogP contribution in [0.5, 0.6) is 0 Å². The molecule has 12 heavy (non-hydrogen) atoms. The third kappa shape index (κ3) is 3.52. The minimum atomic E-state index is -0.966. The molecule has 0 aromatic carbocycles. The Morgan fingerprint density at radius 2 is 2.25 bits per heavy atom. The number of nitro groups is 1. The number of hydrogen-bond donors (Lipinski definition) is 0. The maximum Gasteiger partial charge on any atom is 0.303 e.